The number of carbonyl (C=O) groups excluding carboxylic acids is 1. The number of aromatic nitrogens is 1. The number of carbonyl (C=O) groups is 1. The molecule has 1 aliphatic carbocycles. The van der Waals surface area contributed by atoms with Crippen molar-refractivity contribution in [2.45, 2.75) is 12.3 Å². The molecule has 1 unspecified atom stereocenters. The molecule has 1 aromatic carbocycles. The highest BCUT2D eigenvalue weighted by atomic mass is 32.1. The van der Waals surface area contributed by atoms with Gasteiger partial charge in [0, 0.05) is 12.5 Å². The van der Waals surface area contributed by atoms with E-state index < -0.39 is 5.97 Å². The van der Waals surface area contributed by atoms with Gasteiger partial charge in [0.1, 0.15) is 10.6 Å². The second-order valence-corrected chi connectivity index (χ2v) is 5.52. The third-order valence-corrected chi connectivity index (χ3v) is 4.40. The Hall–Kier alpha value is -2.08. The molecule has 5 nitrogen and oxygen atoms in total. The molecule has 1 aromatic heterocycles. The highest BCUT2D eigenvalue weighted by Gasteiger charge is 2.26. The molecule has 0 fully saturated rings. The topological polar surface area (TPSA) is 77.2 Å². The van der Waals surface area contributed by atoms with Crippen molar-refractivity contribution in [3.05, 3.63) is 41.0 Å². The van der Waals surface area contributed by atoms with Gasteiger partial charge in [0.15, 0.2) is 5.82 Å². The minimum Gasteiger partial charge on any atom is -0.465 e. The zero-order valence-electron chi connectivity index (χ0n) is 11.1. The Morgan fingerprint density at radius 2 is 2.35 bits per heavy atom. The van der Waals surface area contributed by atoms with Crippen molar-refractivity contribution in [1.29, 1.82) is 0 Å². The monoisotopic (exact) mass is 289 g/mol. The van der Waals surface area contributed by atoms with Crippen molar-refractivity contribution < 1.29 is 9.53 Å². The van der Waals surface area contributed by atoms with Crippen molar-refractivity contribution >= 4 is 28.3 Å². The Bertz CT molecular complexity index is 654. The second kappa shape index (κ2) is 5.13. The molecule has 3 N–H and O–H groups in total. The van der Waals surface area contributed by atoms with Crippen molar-refractivity contribution in [1.82, 2.24) is 4.37 Å². The number of nitrogens with one attached hydrogen (secondary N) is 1. The average Bonchev–Trinajstić information content (AvgIpc) is 2.80. The first-order valence-corrected chi connectivity index (χ1v) is 7.13. The molecular weight excluding hydrogens is 274 g/mol. The van der Waals surface area contributed by atoms with Gasteiger partial charge in [-0.05, 0) is 29.1 Å². The summed E-state index contributed by atoms with van der Waals surface area (Å²) in [4.78, 5) is 11.7. The maximum atomic E-state index is 11.7. The van der Waals surface area contributed by atoms with Gasteiger partial charge in [0.25, 0.3) is 0 Å². The Labute approximate surface area is 120 Å². The number of nitrogens with two attached hydrogens (primary N) is 1. The number of ether oxygens (including phenoxy) is 1. The van der Waals surface area contributed by atoms with Crippen LogP contribution in [0.2, 0.25) is 0 Å². The number of esters is 1. The molecule has 1 heterocycles. The Morgan fingerprint density at radius 1 is 1.55 bits per heavy atom. The summed E-state index contributed by atoms with van der Waals surface area (Å²) in [5, 5.41) is 3.95. The molecule has 1 atom stereocenters. The van der Waals surface area contributed by atoms with Crippen LogP contribution in [0.25, 0.3) is 0 Å². The van der Waals surface area contributed by atoms with E-state index in [1.807, 2.05) is 0 Å². The SMILES string of the molecule is COC(=O)c1c(N)nsc1NCC1Cc2ccccc21. The van der Waals surface area contributed by atoms with Crippen molar-refractivity contribution in [2.75, 3.05) is 24.7 Å². The summed E-state index contributed by atoms with van der Waals surface area (Å²) in [6.07, 6.45) is 1.06. The normalized spacial score (nSPS) is 16.1. The van der Waals surface area contributed by atoms with Gasteiger partial charge in [0.2, 0.25) is 0 Å². The van der Waals surface area contributed by atoms with Crippen LogP contribution in [0.15, 0.2) is 24.3 Å². The lowest BCUT2D eigenvalue weighted by molar-refractivity contribution is 0.0603. The van der Waals surface area contributed by atoms with Gasteiger partial charge in [-0.1, -0.05) is 24.3 Å². The average molecular weight is 289 g/mol. The molecule has 0 aliphatic heterocycles. The molecular formula is C14H15N3O2S. The summed E-state index contributed by atoms with van der Waals surface area (Å²) < 4.78 is 8.74. The van der Waals surface area contributed by atoms with Crippen LogP contribution in [0.1, 0.15) is 27.4 Å². The van der Waals surface area contributed by atoms with Gasteiger partial charge in [-0.15, -0.1) is 0 Å². The van der Waals surface area contributed by atoms with Crippen LogP contribution in [-0.2, 0) is 11.2 Å². The molecule has 0 spiro atoms. The molecule has 104 valence electrons. The van der Waals surface area contributed by atoms with E-state index in [1.165, 1.54) is 29.8 Å². The maximum Gasteiger partial charge on any atom is 0.344 e. The Morgan fingerprint density at radius 3 is 3.10 bits per heavy atom. The van der Waals surface area contributed by atoms with E-state index in [1.54, 1.807) is 0 Å². The maximum absolute atomic E-state index is 11.7. The van der Waals surface area contributed by atoms with Crippen LogP contribution in [0.3, 0.4) is 0 Å². The van der Waals surface area contributed by atoms with E-state index >= 15 is 0 Å². The fraction of sp³-hybridized carbons (Fsp3) is 0.286. The predicted molar refractivity (Wildman–Crippen MR) is 79.2 cm³/mol. The minimum absolute atomic E-state index is 0.221. The Balaban J connectivity index is 1.70. The van der Waals surface area contributed by atoms with Crippen molar-refractivity contribution in [3.63, 3.8) is 0 Å². The summed E-state index contributed by atoms with van der Waals surface area (Å²) in [6.45, 7) is 0.767. The van der Waals surface area contributed by atoms with Gasteiger partial charge >= 0.3 is 5.97 Å². The lowest BCUT2D eigenvalue weighted by Gasteiger charge is -2.30. The van der Waals surface area contributed by atoms with E-state index in [0.717, 1.165) is 13.0 Å². The molecule has 0 saturated carbocycles. The largest absolute Gasteiger partial charge is 0.465 e. The summed E-state index contributed by atoms with van der Waals surface area (Å²) in [5.74, 6) is 0.242. The van der Waals surface area contributed by atoms with E-state index in [4.69, 9.17) is 10.5 Å². The van der Waals surface area contributed by atoms with E-state index in [-0.39, 0.29) is 5.82 Å². The molecule has 20 heavy (non-hydrogen) atoms. The first kappa shape index (κ1) is 12.9. The highest BCUT2D eigenvalue weighted by Crippen LogP contribution is 2.36. The zero-order valence-corrected chi connectivity index (χ0v) is 11.9. The lowest BCUT2D eigenvalue weighted by atomic mass is 9.78. The number of methoxy groups -OCH3 is 1. The quantitative estimate of drug-likeness (QED) is 0.844. The molecule has 0 amide bonds. The van der Waals surface area contributed by atoms with Gasteiger partial charge in [-0.3, -0.25) is 0 Å². The van der Waals surface area contributed by atoms with Gasteiger partial charge < -0.3 is 15.8 Å². The lowest BCUT2D eigenvalue weighted by Crippen LogP contribution is -2.24. The fourth-order valence-electron chi connectivity index (χ4n) is 2.48. The van der Waals surface area contributed by atoms with Crippen LogP contribution in [0.5, 0.6) is 0 Å². The van der Waals surface area contributed by atoms with Crippen molar-refractivity contribution in [2.24, 2.45) is 0 Å². The third-order valence-electron chi connectivity index (χ3n) is 3.58. The van der Waals surface area contributed by atoms with E-state index in [0.29, 0.717) is 16.5 Å². The molecule has 0 radical (unpaired) electrons. The second-order valence-electron chi connectivity index (χ2n) is 4.74. The number of hydrogen-bond donors (Lipinski definition) is 2. The van der Waals surface area contributed by atoms with Crippen LogP contribution in [0, 0.1) is 0 Å². The van der Waals surface area contributed by atoms with Crippen LogP contribution >= 0.6 is 11.5 Å². The van der Waals surface area contributed by atoms with Gasteiger partial charge in [-0.2, -0.15) is 4.37 Å². The summed E-state index contributed by atoms with van der Waals surface area (Å²) >= 11 is 1.19. The Kier molecular flexibility index (Phi) is 3.31. The van der Waals surface area contributed by atoms with Gasteiger partial charge in [-0.25, -0.2) is 4.79 Å². The summed E-state index contributed by atoms with van der Waals surface area (Å²) in [5.41, 5.74) is 8.82. The number of nitrogen functional groups attached to an aromatic ring is 1. The number of anilines is 2. The van der Waals surface area contributed by atoms with E-state index in [9.17, 15) is 4.79 Å². The van der Waals surface area contributed by atoms with Gasteiger partial charge in [0.05, 0.1) is 7.11 Å². The molecule has 2 aromatic rings. The van der Waals surface area contributed by atoms with Crippen LogP contribution < -0.4 is 11.1 Å². The smallest absolute Gasteiger partial charge is 0.344 e. The zero-order chi connectivity index (χ0) is 14.1. The molecule has 0 saturated heterocycles. The van der Waals surface area contributed by atoms with Crippen LogP contribution in [-0.4, -0.2) is 24.0 Å². The summed E-state index contributed by atoms with van der Waals surface area (Å²) in [7, 11) is 1.34. The number of rotatable bonds is 4. The van der Waals surface area contributed by atoms with E-state index in [2.05, 4.69) is 34.0 Å². The first-order valence-electron chi connectivity index (χ1n) is 6.36. The molecule has 0 bridgehead atoms. The third kappa shape index (κ3) is 2.12. The number of fused-ring (bicyclic) bond motifs is 1. The predicted octanol–water partition coefficient (Wildman–Crippen LogP) is 2.26. The number of benzene rings is 1. The molecule has 3 rings (SSSR count). The minimum atomic E-state index is -0.451. The highest BCUT2D eigenvalue weighted by molar-refractivity contribution is 7.11. The molecule has 1 aliphatic rings. The standard InChI is InChI=1S/C14H15N3O2S/c1-19-14(18)11-12(15)17-20-13(11)16-7-9-6-8-4-2-3-5-10(8)9/h2-5,9,16H,6-7H2,1H3,(H2,15,17). The summed E-state index contributed by atoms with van der Waals surface area (Å²) in [6, 6.07) is 8.40. The first-order chi connectivity index (χ1) is 9.70. The molecule has 6 heteroatoms. The van der Waals surface area contributed by atoms with Crippen molar-refractivity contribution in [3.8, 4) is 0 Å². The number of nitrogens with zero attached hydrogens (tertiary/aromatic N) is 1. The number of hydrogen-bond acceptors (Lipinski definition) is 6. The van der Waals surface area contributed by atoms with Crippen LogP contribution in [0.4, 0.5) is 10.8 Å². The fourth-order valence-corrected chi connectivity index (χ4v) is 3.19.